The standard InChI is InChI=1S/C11H17N3O4/c1-17-7-9-10(11(15)16)12-13-14(9)5-4-8-3-2-6-18-8/h8H,2-7H2,1H3,(H,15,16). The zero-order valence-corrected chi connectivity index (χ0v) is 10.3. The van der Waals surface area contributed by atoms with Crippen molar-refractivity contribution >= 4 is 5.97 Å². The maximum atomic E-state index is 11.0. The lowest BCUT2D eigenvalue weighted by molar-refractivity contribution is 0.0684. The molecule has 1 aromatic rings. The number of methoxy groups -OCH3 is 1. The third-order valence-corrected chi connectivity index (χ3v) is 3.01. The van der Waals surface area contributed by atoms with Crippen molar-refractivity contribution in [2.45, 2.75) is 38.5 Å². The molecule has 0 radical (unpaired) electrons. The van der Waals surface area contributed by atoms with E-state index in [1.54, 1.807) is 4.68 Å². The van der Waals surface area contributed by atoms with E-state index in [1.807, 2.05) is 0 Å². The van der Waals surface area contributed by atoms with E-state index in [-0.39, 0.29) is 18.4 Å². The second-order valence-corrected chi connectivity index (χ2v) is 4.27. The number of hydrogen-bond acceptors (Lipinski definition) is 5. The monoisotopic (exact) mass is 255 g/mol. The van der Waals surface area contributed by atoms with Crippen molar-refractivity contribution in [3.8, 4) is 0 Å². The maximum absolute atomic E-state index is 11.0. The summed E-state index contributed by atoms with van der Waals surface area (Å²) in [6.07, 6.45) is 3.21. The molecule has 1 fully saturated rings. The highest BCUT2D eigenvalue weighted by Gasteiger charge is 2.20. The number of carboxylic acid groups (broad SMARTS) is 1. The van der Waals surface area contributed by atoms with Crippen LogP contribution in [0.15, 0.2) is 0 Å². The van der Waals surface area contributed by atoms with Gasteiger partial charge in [0.25, 0.3) is 0 Å². The molecule has 7 nitrogen and oxygen atoms in total. The largest absolute Gasteiger partial charge is 0.476 e. The summed E-state index contributed by atoms with van der Waals surface area (Å²) in [6, 6.07) is 0. The summed E-state index contributed by atoms with van der Waals surface area (Å²) in [6.45, 7) is 1.61. The van der Waals surface area contributed by atoms with Crippen molar-refractivity contribution in [2.24, 2.45) is 0 Å². The lowest BCUT2D eigenvalue weighted by Gasteiger charge is -2.10. The number of carboxylic acids is 1. The highest BCUT2D eigenvalue weighted by molar-refractivity contribution is 5.86. The van der Waals surface area contributed by atoms with Gasteiger partial charge in [-0.1, -0.05) is 5.21 Å². The Labute approximate surface area is 105 Å². The molecule has 1 saturated heterocycles. The Morgan fingerprint density at radius 1 is 1.67 bits per heavy atom. The van der Waals surface area contributed by atoms with Gasteiger partial charge >= 0.3 is 5.97 Å². The molecule has 0 aromatic carbocycles. The molecular formula is C11H17N3O4. The SMILES string of the molecule is COCc1c(C(=O)O)nnn1CCC1CCCO1. The minimum atomic E-state index is -1.08. The molecule has 1 aromatic heterocycles. The summed E-state index contributed by atoms with van der Waals surface area (Å²) in [5, 5.41) is 16.5. The normalized spacial score (nSPS) is 19.3. The molecule has 1 aliphatic heterocycles. The number of hydrogen-bond donors (Lipinski definition) is 1. The Morgan fingerprint density at radius 3 is 3.11 bits per heavy atom. The fourth-order valence-electron chi connectivity index (χ4n) is 2.10. The van der Waals surface area contributed by atoms with Gasteiger partial charge in [-0.05, 0) is 19.3 Å². The third kappa shape index (κ3) is 2.85. The maximum Gasteiger partial charge on any atom is 0.358 e. The van der Waals surface area contributed by atoms with E-state index in [2.05, 4.69) is 10.3 Å². The Hall–Kier alpha value is -1.47. The number of ether oxygens (including phenoxy) is 2. The minimum absolute atomic E-state index is 0.0378. The van der Waals surface area contributed by atoms with Crippen molar-refractivity contribution in [1.29, 1.82) is 0 Å². The van der Waals surface area contributed by atoms with Crippen LogP contribution in [0, 0.1) is 0 Å². The van der Waals surface area contributed by atoms with Crippen LogP contribution in [0.25, 0.3) is 0 Å². The van der Waals surface area contributed by atoms with Gasteiger partial charge in [0.05, 0.1) is 18.4 Å². The summed E-state index contributed by atoms with van der Waals surface area (Å²) >= 11 is 0. The van der Waals surface area contributed by atoms with Gasteiger partial charge in [-0.25, -0.2) is 9.48 Å². The van der Waals surface area contributed by atoms with E-state index < -0.39 is 5.97 Å². The van der Waals surface area contributed by atoms with Crippen molar-refractivity contribution in [1.82, 2.24) is 15.0 Å². The first kappa shape index (κ1) is 13.0. The van der Waals surface area contributed by atoms with Crippen LogP contribution in [0.5, 0.6) is 0 Å². The lowest BCUT2D eigenvalue weighted by Crippen LogP contribution is -2.14. The van der Waals surface area contributed by atoms with Gasteiger partial charge in [0.2, 0.25) is 0 Å². The molecule has 1 unspecified atom stereocenters. The molecule has 2 rings (SSSR count). The van der Waals surface area contributed by atoms with Crippen LogP contribution >= 0.6 is 0 Å². The molecule has 0 saturated carbocycles. The van der Waals surface area contributed by atoms with Crippen molar-refractivity contribution in [2.75, 3.05) is 13.7 Å². The van der Waals surface area contributed by atoms with Crippen LogP contribution in [-0.2, 0) is 22.6 Å². The van der Waals surface area contributed by atoms with Gasteiger partial charge in [-0.15, -0.1) is 5.10 Å². The second-order valence-electron chi connectivity index (χ2n) is 4.27. The average molecular weight is 255 g/mol. The van der Waals surface area contributed by atoms with Crippen LogP contribution in [0.4, 0.5) is 0 Å². The molecule has 7 heteroatoms. The Balaban J connectivity index is 2.04. The smallest absolute Gasteiger partial charge is 0.358 e. The zero-order valence-electron chi connectivity index (χ0n) is 10.3. The van der Waals surface area contributed by atoms with E-state index in [9.17, 15) is 4.79 Å². The highest BCUT2D eigenvalue weighted by Crippen LogP contribution is 2.17. The van der Waals surface area contributed by atoms with E-state index in [0.717, 1.165) is 25.9 Å². The predicted octanol–water partition coefficient (Wildman–Crippen LogP) is 0.692. The van der Waals surface area contributed by atoms with Crippen LogP contribution < -0.4 is 0 Å². The summed E-state index contributed by atoms with van der Waals surface area (Å²) < 4.78 is 12.1. The Kier molecular flexibility index (Phi) is 4.27. The summed E-state index contributed by atoms with van der Waals surface area (Å²) in [5.41, 5.74) is 0.465. The van der Waals surface area contributed by atoms with Crippen LogP contribution in [0.2, 0.25) is 0 Å². The van der Waals surface area contributed by atoms with Crippen LogP contribution in [0.3, 0.4) is 0 Å². The van der Waals surface area contributed by atoms with E-state index >= 15 is 0 Å². The summed E-state index contributed by atoms with van der Waals surface area (Å²) in [7, 11) is 1.52. The fraction of sp³-hybridized carbons (Fsp3) is 0.727. The highest BCUT2D eigenvalue weighted by atomic mass is 16.5. The molecule has 0 aliphatic carbocycles. The van der Waals surface area contributed by atoms with Crippen molar-refractivity contribution in [3.63, 3.8) is 0 Å². The zero-order chi connectivity index (χ0) is 13.0. The number of rotatable bonds is 6. The topological polar surface area (TPSA) is 86.5 Å². The van der Waals surface area contributed by atoms with E-state index in [0.29, 0.717) is 12.2 Å². The van der Waals surface area contributed by atoms with Crippen molar-refractivity contribution in [3.05, 3.63) is 11.4 Å². The number of aryl methyl sites for hydroxylation is 1. The molecule has 0 amide bonds. The lowest BCUT2D eigenvalue weighted by atomic mass is 10.2. The van der Waals surface area contributed by atoms with E-state index in [1.165, 1.54) is 7.11 Å². The Bertz CT molecular complexity index is 412. The molecular weight excluding hydrogens is 238 g/mol. The molecule has 100 valence electrons. The van der Waals surface area contributed by atoms with Crippen molar-refractivity contribution < 1.29 is 19.4 Å². The van der Waals surface area contributed by atoms with Crippen LogP contribution in [0.1, 0.15) is 35.4 Å². The van der Waals surface area contributed by atoms with Gasteiger partial charge in [0, 0.05) is 20.3 Å². The molecule has 18 heavy (non-hydrogen) atoms. The first-order valence-corrected chi connectivity index (χ1v) is 5.98. The minimum Gasteiger partial charge on any atom is -0.476 e. The number of nitrogens with zero attached hydrogens (tertiary/aromatic N) is 3. The number of aromatic nitrogens is 3. The van der Waals surface area contributed by atoms with Gasteiger partial charge in [-0.2, -0.15) is 0 Å². The molecule has 0 bridgehead atoms. The molecule has 1 N–H and O–H groups in total. The second kappa shape index (κ2) is 5.92. The first-order valence-electron chi connectivity index (χ1n) is 5.98. The molecule has 0 spiro atoms. The summed E-state index contributed by atoms with van der Waals surface area (Å²) in [4.78, 5) is 11.0. The fourth-order valence-corrected chi connectivity index (χ4v) is 2.10. The average Bonchev–Trinajstić information content (AvgIpc) is 2.95. The van der Waals surface area contributed by atoms with Crippen LogP contribution in [-0.4, -0.2) is 45.9 Å². The molecule has 1 aliphatic rings. The Morgan fingerprint density at radius 2 is 2.50 bits per heavy atom. The van der Waals surface area contributed by atoms with Gasteiger partial charge < -0.3 is 14.6 Å². The number of carbonyl (C=O) groups is 1. The number of aromatic carboxylic acids is 1. The summed E-state index contributed by atoms with van der Waals surface area (Å²) in [5.74, 6) is -1.08. The molecule has 2 heterocycles. The van der Waals surface area contributed by atoms with E-state index in [4.69, 9.17) is 14.6 Å². The third-order valence-electron chi connectivity index (χ3n) is 3.01. The predicted molar refractivity (Wildman–Crippen MR) is 61.3 cm³/mol. The molecule has 1 atom stereocenters. The van der Waals surface area contributed by atoms with Gasteiger partial charge in [-0.3, -0.25) is 0 Å². The quantitative estimate of drug-likeness (QED) is 0.804. The van der Waals surface area contributed by atoms with Gasteiger partial charge in [0.15, 0.2) is 5.69 Å². The first-order chi connectivity index (χ1) is 8.72. The van der Waals surface area contributed by atoms with Gasteiger partial charge in [0.1, 0.15) is 0 Å².